The van der Waals surface area contributed by atoms with Crippen LogP contribution in [0.2, 0.25) is 0 Å². The van der Waals surface area contributed by atoms with E-state index in [1.165, 1.54) is 12.1 Å². The number of hydrogen-bond acceptors (Lipinski definition) is 1. The van der Waals surface area contributed by atoms with E-state index < -0.39 is 0 Å². The van der Waals surface area contributed by atoms with Crippen molar-refractivity contribution in [3.8, 4) is 0 Å². The molecule has 0 amide bonds. The Morgan fingerprint density at radius 2 is 1.88 bits per heavy atom. The minimum absolute atomic E-state index is 0.260. The molecule has 0 fully saturated rings. The third-order valence-corrected chi connectivity index (χ3v) is 3.09. The maximum absolute atomic E-state index is 13.1. The highest BCUT2D eigenvalue weighted by Crippen LogP contribution is 2.24. The highest BCUT2D eigenvalue weighted by atomic mass is 79.9. The Morgan fingerprint density at radius 3 is 2.53 bits per heavy atom. The van der Waals surface area contributed by atoms with E-state index in [0.29, 0.717) is 0 Å². The van der Waals surface area contributed by atoms with Crippen LogP contribution in [0.15, 0.2) is 46.9 Å². The summed E-state index contributed by atoms with van der Waals surface area (Å²) < 4.78 is 14.1. The van der Waals surface area contributed by atoms with Crippen molar-refractivity contribution < 1.29 is 4.39 Å². The van der Waals surface area contributed by atoms with Crippen molar-refractivity contribution in [2.24, 2.45) is 5.73 Å². The van der Waals surface area contributed by atoms with E-state index in [2.05, 4.69) is 15.9 Å². The lowest BCUT2D eigenvalue weighted by Gasteiger charge is -2.14. The van der Waals surface area contributed by atoms with Crippen LogP contribution in [-0.4, -0.2) is 0 Å². The van der Waals surface area contributed by atoms with Gasteiger partial charge in [0.05, 0.1) is 6.04 Å². The summed E-state index contributed by atoms with van der Waals surface area (Å²) in [5.41, 5.74) is 9.02. The quantitative estimate of drug-likeness (QED) is 0.892. The number of aryl methyl sites for hydroxylation is 1. The van der Waals surface area contributed by atoms with Gasteiger partial charge in [0, 0.05) is 4.47 Å². The van der Waals surface area contributed by atoms with Gasteiger partial charge in [0.1, 0.15) is 5.82 Å². The summed E-state index contributed by atoms with van der Waals surface area (Å²) in [6.45, 7) is 2.01. The topological polar surface area (TPSA) is 26.0 Å². The van der Waals surface area contributed by atoms with Crippen molar-refractivity contribution in [3.63, 3.8) is 0 Å². The Kier molecular flexibility index (Phi) is 3.60. The molecule has 3 heteroatoms. The average Bonchev–Trinajstić information content (AvgIpc) is 2.26. The zero-order valence-corrected chi connectivity index (χ0v) is 11.0. The van der Waals surface area contributed by atoms with Gasteiger partial charge in [-0.2, -0.15) is 0 Å². The molecular weight excluding hydrogens is 281 g/mol. The van der Waals surface area contributed by atoms with Crippen molar-refractivity contribution >= 4 is 15.9 Å². The summed E-state index contributed by atoms with van der Waals surface area (Å²) in [6, 6.07) is 12.1. The molecule has 2 N–H and O–H groups in total. The van der Waals surface area contributed by atoms with Crippen LogP contribution < -0.4 is 5.73 Å². The van der Waals surface area contributed by atoms with Gasteiger partial charge in [-0.1, -0.05) is 34.1 Å². The van der Waals surface area contributed by atoms with Gasteiger partial charge >= 0.3 is 0 Å². The second kappa shape index (κ2) is 4.98. The van der Waals surface area contributed by atoms with Crippen LogP contribution in [0.5, 0.6) is 0 Å². The van der Waals surface area contributed by atoms with Gasteiger partial charge in [0.25, 0.3) is 0 Å². The fraction of sp³-hybridized carbons (Fsp3) is 0.143. The molecule has 2 rings (SSSR count). The molecule has 0 aliphatic rings. The molecule has 1 nitrogen and oxygen atoms in total. The molecule has 1 unspecified atom stereocenters. The van der Waals surface area contributed by atoms with E-state index in [-0.39, 0.29) is 11.9 Å². The third kappa shape index (κ3) is 2.93. The fourth-order valence-electron chi connectivity index (χ4n) is 1.84. The average molecular weight is 294 g/mol. The molecule has 1 atom stereocenters. The molecule has 0 radical (unpaired) electrons. The minimum Gasteiger partial charge on any atom is -0.320 e. The number of benzene rings is 2. The Labute approximate surface area is 109 Å². The SMILES string of the molecule is Cc1cc(Br)cc(C(N)c2cccc(F)c2)c1. The summed E-state index contributed by atoms with van der Waals surface area (Å²) in [5.74, 6) is -0.260. The zero-order chi connectivity index (χ0) is 12.4. The largest absolute Gasteiger partial charge is 0.320 e. The lowest BCUT2D eigenvalue weighted by Crippen LogP contribution is -2.12. The van der Waals surface area contributed by atoms with Gasteiger partial charge in [-0.3, -0.25) is 0 Å². The summed E-state index contributed by atoms with van der Waals surface area (Å²) in [4.78, 5) is 0. The van der Waals surface area contributed by atoms with Crippen molar-refractivity contribution in [1.82, 2.24) is 0 Å². The van der Waals surface area contributed by atoms with Crippen molar-refractivity contribution in [1.29, 1.82) is 0 Å². The highest BCUT2D eigenvalue weighted by Gasteiger charge is 2.10. The summed E-state index contributed by atoms with van der Waals surface area (Å²) >= 11 is 3.44. The number of rotatable bonds is 2. The van der Waals surface area contributed by atoms with E-state index in [9.17, 15) is 4.39 Å². The van der Waals surface area contributed by atoms with Crippen molar-refractivity contribution in [2.45, 2.75) is 13.0 Å². The second-order valence-electron chi connectivity index (χ2n) is 4.09. The molecule has 2 aromatic rings. The molecule has 0 saturated carbocycles. The zero-order valence-electron chi connectivity index (χ0n) is 9.45. The van der Waals surface area contributed by atoms with Crippen LogP contribution in [0.4, 0.5) is 4.39 Å². The number of nitrogens with two attached hydrogens (primary N) is 1. The van der Waals surface area contributed by atoms with Gasteiger partial charge in [0.15, 0.2) is 0 Å². The Hall–Kier alpha value is -1.19. The van der Waals surface area contributed by atoms with E-state index in [1.54, 1.807) is 6.07 Å². The molecule has 0 aliphatic heterocycles. The molecule has 0 aromatic heterocycles. The normalized spacial score (nSPS) is 12.5. The van der Waals surface area contributed by atoms with Crippen LogP contribution in [-0.2, 0) is 0 Å². The molecule has 2 aromatic carbocycles. The molecule has 0 spiro atoms. The lowest BCUT2D eigenvalue weighted by molar-refractivity contribution is 0.623. The predicted octanol–water partition coefficient (Wildman–Crippen LogP) is 3.94. The second-order valence-corrected chi connectivity index (χ2v) is 5.01. The smallest absolute Gasteiger partial charge is 0.123 e. The Morgan fingerprint density at radius 1 is 1.12 bits per heavy atom. The molecule has 0 heterocycles. The summed E-state index contributed by atoms with van der Waals surface area (Å²) in [6.07, 6.45) is 0. The number of hydrogen-bond donors (Lipinski definition) is 1. The monoisotopic (exact) mass is 293 g/mol. The maximum atomic E-state index is 13.1. The van der Waals surface area contributed by atoms with Gasteiger partial charge in [0.2, 0.25) is 0 Å². The Balaban J connectivity index is 2.39. The molecule has 0 aliphatic carbocycles. The predicted molar refractivity (Wildman–Crippen MR) is 71.3 cm³/mol. The van der Waals surface area contributed by atoms with E-state index in [1.807, 2.05) is 31.2 Å². The minimum atomic E-state index is -0.304. The molecule has 88 valence electrons. The first-order chi connectivity index (χ1) is 8.06. The molecule has 0 saturated heterocycles. The van der Waals surface area contributed by atoms with E-state index in [4.69, 9.17) is 5.73 Å². The molecular formula is C14H13BrFN. The first-order valence-corrected chi connectivity index (χ1v) is 6.14. The van der Waals surface area contributed by atoms with E-state index in [0.717, 1.165) is 21.2 Å². The van der Waals surface area contributed by atoms with Crippen molar-refractivity contribution in [2.75, 3.05) is 0 Å². The Bertz CT molecular complexity index is 519. The molecule has 17 heavy (non-hydrogen) atoms. The van der Waals surface area contributed by atoms with Gasteiger partial charge in [-0.05, 0) is 47.9 Å². The van der Waals surface area contributed by atoms with E-state index >= 15 is 0 Å². The van der Waals surface area contributed by atoms with Crippen LogP contribution in [0.1, 0.15) is 22.7 Å². The standard InChI is InChI=1S/C14H13BrFN/c1-9-5-11(7-12(15)6-9)14(17)10-3-2-4-13(16)8-10/h2-8,14H,17H2,1H3. The lowest BCUT2D eigenvalue weighted by atomic mass is 9.98. The third-order valence-electron chi connectivity index (χ3n) is 2.63. The van der Waals surface area contributed by atoms with Gasteiger partial charge in [-0.15, -0.1) is 0 Å². The summed E-state index contributed by atoms with van der Waals surface area (Å²) in [5, 5.41) is 0. The summed E-state index contributed by atoms with van der Waals surface area (Å²) in [7, 11) is 0. The fourth-order valence-corrected chi connectivity index (χ4v) is 2.46. The first kappa shape index (κ1) is 12.3. The maximum Gasteiger partial charge on any atom is 0.123 e. The van der Waals surface area contributed by atoms with Crippen LogP contribution >= 0.6 is 15.9 Å². The molecule has 0 bridgehead atoms. The number of halogens is 2. The highest BCUT2D eigenvalue weighted by molar-refractivity contribution is 9.10. The van der Waals surface area contributed by atoms with Crippen LogP contribution in [0.3, 0.4) is 0 Å². The van der Waals surface area contributed by atoms with Gasteiger partial charge in [-0.25, -0.2) is 4.39 Å². The van der Waals surface area contributed by atoms with Crippen LogP contribution in [0, 0.1) is 12.7 Å². The van der Waals surface area contributed by atoms with Crippen molar-refractivity contribution in [3.05, 3.63) is 69.4 Å². The van der Waals surface area contributed by atoms with Crippen LogP contribution in [0.25, 0.3) is 0 Å². The van der Waals surface area contributed by atoms with Gasteiger partial charge < -0.3 is 5.73 Å². The first-order valence-electron chi connectivity index (χ1n) is 5.34.